The maximum atomic E-state index is 12.7. The van der Waals surface area contributed by atoms with Crippen LogP contribution in [0.2, 0.25) is 0 Å². The van der Waals surface area contributed by atoms with Crippen molar-refractivity contribution in [3.63, 3.8) is 0 Å². The molecule has 164 valence electrons. The number of halogens is 1. The summed E-state index contributed by atoms with van der Waals surface area (Å²) >= 11 is 0. The summed E-state index contributed by atoms with van der Waals surface area (Å²) in [5.41, 5.74) is 1.99. The number of para-hydroxylation sites is 2. The molecule has 3 aliphatic rings. The first-order chi connectivity index (χ1) is 14.7. The van der Waals surface area contributed by atoms with Crippen LogP contribution in [0.15, 0.2) is 41.4 Å². The predicted molar refractivity (Wildman–Crippen MR) is 129 cm³/mol. The number of aliphatic imine (C=N–C) groups is 1. The van der Waals surface area contributed by atoms with E-state index in [4.69, 9.17) is 0 Å². The van der Waals surface area contributed by atoms with Crippen LogP contribution in [0.1, 0.15) is 12.2 Å². The van der Waals surface area contributed by atoms with E-state index in [1.165, 1.54) is 4.90 Å². The summed E-state index contributed by atoms with van der Waals surface area (Å²) in [6, 6.07) is 7.95. The van der Waals surface area contributed by atoms with Gasteiger partial charge in [-0.1, -0.05) is 24.3 Å². The predicted octanol–water partition coefficient (Wildman–Crippen LogP) is 1.70. The molecule has 4 unspecified atom stereocenters. The number of carbonyl (C=O) groups excluding carboxylic acids is 2. The van der Waals surface area contributed by atoms with Gasteiger partial charge in [0.15, 0.2) is 5.96 Å². The highest BCUT2D eigenvalue weighted by atomic mass is 127. The number of aromatic amines is 1. The van der Waals surface area contributed by atoms with Gasteiger partial charge in [-0.3, -0.25) is 19.5 Å². The molecule has 4 atom stereocenters. The number of rotatable bonds is 6. The van der Waals surface area contributed by atoms with Crippen molar-refractivity contribution >= 4 is 52.8 Å². The first-order valence-corrected chi connectivity index (χ1v) is 10.6. The van der Waals surface area contributed by atoms with Gasteiger partial charge in [-0.25, -0.2) is 4.98 Å². The SMILES string of the molecule is CN=C(NCCc1nc2ccccc2[nH]1)NCCN1C(=O)C2C3C=CC(C3)C2C1=O.I. The second kappa shape index (κ2) is 8.97. The minimum atomic E-state index is -0.131. The lowest BCUT2D eigenvalue weighted by atomic mass is 9.85. The second-order valence-electron chi connectivity index (χ2n) is 8.20. The van der Waals surface area contributed by atoms with Crippen LogP contribution < -0.4 is 10.6 Å². The van der Waals surface area contributed by atoms with Gasteiger partial charge in [-0.05, 0) is 30.4 Å². The molecule has 2 fully saturated rings. The van der Waals surface area contributed by atoms with E-state index in [0.29, 0.717) is 25.6 Å². The normalized spacial score (nSPS) is 26.5. The monoisotopic (exact) mass is 534 g/mol. The molecule has 2 aliphatic carbocycles. The molecule has 1 aromatic carbocycles. The smallest absolute Gasteiger partial charge is 0.233 e. The first kappa shape index (κ1) is 21.8. The molecule has 0 radical (unpaired) electrons. The molecule has 9 heteroatoms. The zero-order valence-corrected chi connectivity index (χ0v) is 19.7. The number of nitrogens with one attached hydrogen (secondary N) is 3. The van der Waals surface area contributed by atoms with E-state index >= 15 is 0 Å². The number of carbonyl (C=O) groups is 2. The van der Waals surface area contributed by atoms with E-state index in [9.17, 15) is 9.59 Å². The van der Waals surface area contributed by atoms with Crippen molar-refractivity contribution in [3.8, 4) is 0 Å². The lowest BCUT2D eigenvalue weighted by Crippen LogP contribution is -2.44. The second-order valence-corrected chi connectivity index (χ2v) is 8.20. The largest absolute Gasteiger partial charge is 0.356 e. The number of amides is 2. The molecule has 1 aliphatic heterocycles. The average Bonchev–Trinajstić information content (AvgIpc) is 3.51. The number of hydrogen-bond donors (Lipinski definition) is 3. The minimum Gasteiger partial charge on any atom is -0.356 e. The van der Waals surface area contributed by atoms with E-state index in [1.807, 2.05) is 24.3 Å². The summed E-state index contributed by atoms with van der Waals surface area (Å²) in [4.78, 5) is 39.0. The lowest BCUT2D eigenvalue weighted by molar-refractivity contribution is -0.140. The first-order valence-electron chi connectivity index (χ1n) is 10.6. The molecule has 5 rings (SSSR count). The van der Waals surface area contributed by atoms with Crippen LogP contribution in [-0.2, 0) is 16.0 Å². The maximum Gasteiger partial charge on any atom is 0.233 e. The highest BCUT2D eigenvalue weighted by molar-refractivity contribution is 14.0. The Hall–Kier alpha value is -2.43. The Balaban J connectivity index is 0.00000231. The Morgan fingerprint density at radius 1 is 1.13 bits per heavy atom. The molecule has 2 bridgehead atoms. The molecule has 2 heterocycles. The Kier molecular flexibility index (Phi) is 6.31. The number of imidazole rings is 1. The van der Waals surface area contributed by atoms with Crippen LogP contribution in [0, 0.1) is 23.7 Å². The third-order valence-electron chi connectivity index (χ3n) is 6.51. The van der Waals surface area contributed by atoms with Crippen LogP contribution in [0.3, 0.4) is 0 Å². The summed E-state index contributed by atoms with van der Waals surface area (Å²) in [5.74, 6) is 1.80. The molecule has 2 aromatic rings. The van der Waals surface area contributed by atoms with Gasteiger partial charge in [0.05, 0.1) is 22.9 Å². The number of imide groups is 1. The number of likely N-dealkylation sites (tertiary alicyclic amines) is 1. The van der Waals surface area contributed by atoms with Crippen molar-refractivity contribution in [1.29, 1.82) is 0 Å². The Labute approximate surface area is 198 Å². The van der Waals surface area contributed by atoms with Gasteiger partial charge in [-0.15, -0.1) is 24.0 Å². The number of allylic oxidation sites excluding steroid dienone is 2. The van der Waals surface area contributed by atoms with Crippen LogP contribution >= 0.6 is 24.0 Å². The van der Waals surface area contributed by atoms with Crippen molar-refractivity contribution in [2.75, 3.05) is 26.7 Å². The quantitative estimate of drug-likeness (QED) is 0.172. The van der Waals surface area contributed by atoms with Crippen LogP contribution in [-0.4, -0.2) is 59.3 Å². The van der Waals surface area contributed by atoms with Gasteiger partial charge in [0.25, 0.3) is 0 Å². The van der Waals surface area contributed by atoms with Gasteiger partial charge in [0, 0.05) is 33.1 Å². The summed E-state index contributed by atoms with van der Waals surface area (Å²) in [6.07, 6.45) is 5.93. The van der Waals surface area contributed by atoms with Crippen LogP contribution in [0.5, 0.6) is 0 Å². The Bertz CT molecular complexity index is 985. The summed E-state index contributed by atoms with van der Waals surface area (Å²) in [6.45, 7) is 1.51. The number of aromatic nitrogens is 2. The standard InChI is InChI=1S/C22H26N6O2.HI/c1-23-22(24-9-8-17-26-15-4-2-3-5-16(15)27-17)25-10-11-28-20(29)18-13-6-7-14(12-13)19(18)21(28)30;/h2-7,13-14,18-19H,8-12H2,1H3,(H,26,27)(H2,23,24,25);1H. The highest BCUT2D eigenvalue weighted by Crippen LogP contribution is 2.52. The fourth-order valence-electron chi connectivity index (χ4n) is 5.11. The number of nitrogens with zero attached hydrogens (tertiary/aromatic N) is 3. The molecule has 2 amide bonds. The Morgan fingerprint density at radius 3 is 2.48 bits per heavy atom. The van der Waals surface area contributed by atoms with E-state index in [1.54, 1.807) is 7.05 Å². The average molecular weight is 534 g/mol. The van der Waals surface area contributed by atoms with Gasteiger partial charge < -0.3 is 15.6 Å². The van der Waals surface area contributed by atoms with Crippen molar-refractivity contribution in [3.05, 3.63) is 42.2 Å². The zero-order chi connectivity index (χ0) is 20.7. The topological polar surface area (TPSA) is 102 Å². The van der Waals surface area contributed by atoms with E-state index in [-0.39, 0.29) is 59.5 Å². The molecule has 0 spiro atoms. The number of fused-ring (bicyclic) bond motifs is 6. The summed E-state index contributed by atoms with van der Waals surface area (Å²) in [5, 5.41) is 6.46. The van der Waals surface area contributed by atoms with Gasteiger partial charge in [0.1, 0.15) is 5.82 Å². The number of H-pyrrole nitrogens is 1. The maximum absolute atomic E-state index is 12.7. The number of benzene rings is 1. The van der Waals surface area contributed by atoms with Crippen molar-refractivity contribution in [2.45, 2.75) is 12.8 Å². The number of guanidine groups is 1. The molecule has 3 N–H and O–H groups in total. The van der Waals surface area contributed by atoms with Gasteiger partial charge in [-0.2, -0.15) is 0 Å². The third-order valence-corrected chi connectivity index (χ3v) is 6.51. The van der Waals surface area contributed by atoms with E-state index < -0.39 is 0 Å². The third kappa shape index (κ3) is 3.95. The molecular formula is C22H27IN6O2. The fraction of sp³-hybridized carbons (Fsp3) is 0.455. The van der Waals surface area contributed by atoms with Crippen LogP contribution in [0.25, 0.3) is 11.0 Å². The van der Waals surface area contributed by atoms with Crippen molar-refractivity contribution < 1.29 is 9.59 Å². The number of hydrogen-bond acceptors (Lipinski definition) is 4. The fourth-order valence-corrected chi connectivity index (χ4v) is 5.11. The molecule has 1 saturated heterocycles. The summed E-state index contributed by atoms with van der Waals surface area (Å²) in [7, 11) is 1.70. The molecule has 8 nitrogen and oxygen atoms in total. The molecule has 1 aromatic heterocycles. The van der Waals surface area contributed by atoms with Crippen LogP contribution in [0.4, 0.5) is 0 Å². The zero-order valence-electron chi connectivity index (χ0n) is 17.4. The lowest BCUT2D eigenvalue weighted by Gasteiger charge is -2.18. The van der Waals surface area contributed by atoms with Crippen molar-refractivity contribution in [1.82, 2.24) is 25.5 Å². The molecule has 1 saturated carbocycles. The Morgan fingerprint density at radius 2 is 1.81 bits per heavy atom. The minimum absolute atomic E-state index is 0. The van der Waals surface area contributed by atoms with Gasteiger partial charge in [0.2, 0.25) is 11.8 Å². The molecular weight excluding hydrogens is 507 g/mol. The van der Waals surface area contributed by atoms with Gasteiger partial charge >= 0.3 is 0 Å². The molecule has 31 heavy (non-hydrogen) atoms. The van der Waals surface area contributed by atoms with E-state index in [2.05, 4.69) is 37.7 Å². The summed E-state index contributed by atoms with van der Waals surface area (Å²) < 4.78 is 0. The van der Waals surface area contributed by atoms with E-state index in [0.717, 1.165) is 29.7 Å². The van der Waals surface area contributed by atoms with Crippen molar-refractivity contribution in [2.24, 2.45) is 28.7 Å². The highest BCUT2D eigenvalue weighted by Gasteiger charge is 2.58.